The average molecular weight is 413 g/mol. The Morgan fingerprint density at radius 3 is 2.46 bits per heavy atom. The molecule has 0 bridgehead atoms. The zero-order chi connectivity index (χ0) is 19.9. The van der Waals surface area contributed by atoms with Gasteiger partial charge in [-0.15, -0.1) is 11.3 Å². The van der Waals surface area contributed by atoms with Crippen LogP contribution in [0.2, 0.25) is 0 Å². The number of rotatable bonds is 4. The van der Waals surface area contributed by atoms with E-state index in [2.05, 4.69) is 0 Å². The first-order chi connectivity index (χ1) is 13.4. The number of benzene rings is 2. The third-order valence-corrected chi connectivity index (χ3v) is 8.17. The molecule has 0 saturated heterocycles. The van der Waals surface area contributed by atoms with Gasteiger partial charge in [-0.3, -0.25) is 9.10 Å². The number of para-hydroxylation sites is 1. The molecule has 0 unspecified atom stereocenters. The number of carbonyl (C=O) groups excluding carboxylic acids is 1. The smallest absolute Gasteiger partial charge is 0.273 e. The molecule has 3 aromatic rings. The normalized spacial score (nSPS) is 16.1. The van der Waals surface area contributed by atoms with E-state index in [1.54, 1.807) is 41.8 Å². The summed E-state index contributed by atoms with van der Waals surface area (Å²) in [5, 5.41) is 1.73. The van der Waals surface area contributed by atoms with Crippen LogP contribution in [0.5, 0.6) is 0 Å². The Morgan fingerprint density at radius 1 is 1.07 bits per heavy atom. The maximum absolute atomic E-state index is 13.1. The van der Waals surface area contributed by atoms with E-state index in [4.69, 9.17) is 0 Å². The molecule has 0 saturated carbocycles. The Morgan fingerprint density at radius 2 is 1.79 bits per heavy atom. The van der Waals surface area contributed by atoms with Crippen LogP contribution in [0.1, 0.15) is 22.8 Å². The summed E-state index contributed by atoms with van der Waals surface area (Å²) < 4.78 is 26.9. The van der Waals surface area contributed by atoms with Gasteiger partial charge in [0, 0.05) is 24.3 Å². The minimum absolute atomic E-state index is 0.0761. The second-order valence-electron chi connectivity index (χ2n) is 6.81. The summed E-state index contributed by atoms with van der Waals surface area (Å²) in [7, 11) is -2.07. The zero-order valence-electron chi connectivity index (χ0n) is 15.6. The van der Waals surface area contributed by atoms with Crippen molar-refractivity contribution in [1.82, 2.24) is 0 Å². The van der Waals surface area contributed by atoms with E-state index in [1.807, 2.05) is 36.1 Å². The summed E-state index contributed by atoms with van der Waals surface area (Å²) in [4.78, 5) is 14.9. The van der Waals surface area contributed by atoms with Crippen LogP contribution < -0.4 is 9.21 Å². The number of nitrogens with zero attached hydrogens (tertiary/aromatic N) is 2. The fraction of sp³-hybridized carbons (Fsp3) is 0.190. The number of hydrogen-bond acceptors (Lipinski definition) is 4. The van der Waals surface area contributed by atoms with Crippen LogP contribution >= 0.6 is 11.3 Å². The van der Waals surface area contributed by atoms with Gasteiger partial charge in [0.2, 0.25) is 0 Å². The number of amides is 1. The molecule has 1 aliphatic rings. The quantitative estimate of drug-likeness (QED) is 0.646. The average Bonchev–Trinajstić information content (AvgIpc) is 3.34. The van der Waals surface area contributed by atoms with Gasteiger partial charge in [0.05, 0.1) is 5.69 Å². The fourth-order valence-corrected chi connectivity index (χ4v) is 5.87. The number of anilines is 2. The first kappa shape index (κ1) is 18.7. The van der Waals surface area contributed by atoms with Crippen molar-refractivity contribution in [3.8, 4) is 0 Å². The summed E-state index contributed by atoms with van der Waals surface area (Å²) in [5.74, 6) is -0.0761. The molecule has 0 aliphatic carbocycles. The second-order valence-corrected chi connectivity index (χ2v) is 9.95. The third kappa shape index (κ3) is 3.10. The van der Waals surface area contributed by atoms with Crippen molar-refractivity contribution in [2.45, 2.75) is 23.6 Å². The minimum atomic E-state index is -3.59. The first-order valence-electron chi connectivity index (χ1n) is 8.93. The third-order valence-electron chi connectivity index (χ3n) is 5.01. The largest absolute Gasteiger partial charge is 0.305 e. The van der Waals surface area contributed by atoms with E-state index < -0.39 is 10.0 Å². The van der Waals surface area contributed by atoms with Gasteiger partial charge in [-0.1, -0.05) is 24.3 Å². The second kappa shape index (κ2) is 7.07. The maximum Gasteiger partial charge on any atom is 0.273 e. The van der Waals surface area contributed by atoms with Crippen LogP contribution in [0.25, 0.3) is 0 Å². The SMILES string of the molecule is C[C@H]1Cc2ccccc2N1C(=O)c1ccc(N(C)S(=O)(=O)c2cccs2)cc1. The molecule has 1 atom stereocenters. The highest BCUT2D eigenvalue weighted by molar-refractivity contribution is 7.94. The number of carbonyl (C=O) groups is 1. The van der Waals surface area contributed by atoms with Crippen LogP contribution in [0.3, 0.4) is 0 Å². The van der Waals surface area contributed by atoms with E-state index in [0.717, 1.165) is 12.1 Å². The summed E-state index contributed by atoms with van der Waals surface area (Å²) in [6, 6.07) is 18.0. The predicted molar refractivity (Wildman–Crippen MR) is 113 cm³/mol. The Balaban J connectivity index is 1.59. The van der Waals surface area contributed by atoms with Crippen molar-refractivity contribution in [1.29, 1.82) is 0 Å². The Kier molecular flexibility index (Phi) is 4.72. The van der Waals surface area contributed by atoms with E-state index >= 15 is 0 Å². The highest BCUT2D eigenvalue weighted by atomic mass is 32.2. The van der Waals surface area contributed by atoms with Crippen molar-refractivity contribution in [2.24, 2.45) is 0 Å². The van der Waals surface area contributed by atoms with Crippen LogP contribution in [0, 0.1) is 0 Å². The Labute approximate surface area is 168 Å². The molecule has 2 aromatic carbocycles. The molecule has 1 amide bonds. The number of thiophene rings is 1. The maximum atomic E-state index is 13.1. The van der Waals surface area contributed by atoms with Gasteiger partial charge in [0.25, 0.3) is 15.9 Å². The highest BCUT2D eigenvalue weighted by Gasteiger charge is 2.31. The Bertz CT molecular complexity index is 1110. The standard InChI is InChI=1S/C21H20N2O3S2/c1-15-14-17-6-3-4-7-19(17)23(15)21(24)16-9-11-18(12-10-16)22(2)28(25,26)20-8-5-13-27-20/h3-13,15H,14H2,1-2H3/t15-/m0/s1. The van der Waals surface area contributed by atoms with Gasteiger partial charge in [-0.25, -0.2) is 8.42 Å². The van der Waals surface area contributed by atoms with E-state index in [0.29, 0.717) is 11.3 Å². The lowest BCUT2D eigenvalue weighted by atomic mass is 10.1. The van der Waals surface area contributed by atoms with E-state index in [-0.39, 0.29) is 16.2 Å². The van der Waals surface area contributed by atoms with Crippen molar-refractivity contribution in [3.63, 3.8) is 0 Å². The molecule has 1 aliphatic heterocycles. The molecule has 0 spiro atoms. The molecule has 5 nitrogen and oxygen atoms in total. The highest BCUT2D eigenvalue weighted by Crippen LogP contribution is 2.33. The lowest BCUT2D eigenvalue weighted by Crippen LogP contribution is -2.35. The van der Waals surface area contributed by atoms with Gasteiger partial charge in [0.15, 0.2) is 0 Å². The van der Waals surface area contributed by atoms with Crippen molar-refractivity contribution in [2.75, 3.05) is 16.3 Å². The van der Waals surface area contributed by atoms with Gasteiger partial charge >= 0.3 is 0 Å². The van der Waals surface area contributed by atoms with Gasteiger partial charge < -0.3 is 4.90 Å². The van der Waals surface area contributed by atoms with Crippen LogP contribution in [-0.4, -0.2) is 27.4 Å². The molecule has 0 fully saturated rings. The summed E-state index contributed by atoms with van der Waals surface area (Å²) >= 11 is 1.18. The van der Waals surface area contributed by atoms with Crippen LogP contribution in [-0.2, 0) is 16.4 Å². The summed E-state index contributed by atoms with van der Waals surface area (Å²) in [6.45, 7) is 2.04. The predicted octanol–water partition coefficient (Wildman–Crippen LogP) is 4.16. The van der Waals surface area contributed by atoms with Gasteiger partial charge in [0.1, 0.15) is 4.21 Å². The topological polar surface area (TPSA) is 57.7 Å². The minimum Gasteiger partial charge on any atom is -0.305 e. The molecular weight excluding hydrogens is 392 g/mol. The van der Waals surface area contributed by atoms with Crippen LogP contribution in [0.15, 0.2) is 70.3 Å². The van der Waals surface area contributed by atoms with E-state index in [9.17, 15) is 13.2 Å². The molecule has 0 radical (unpaired) electrons. The zero-order valence-corrected chi connectivity index (χ0v) is 17.2. The van der Waals surface area contributed by atoms with Crippen molar-refractivity contribution < 1.29 is 13.2 Å². The molecule has 7 heteroatoms. The number of hydrogen-bond donors (Lipinski definition) is 0. The van der Waals surface area contributed by atoms with Gasteiger partial charge in [-0.05, 0) is 60.7 Å². The number of fused-ring (bicyclic) bond motifs is 1. The molecule has 0 N–H and O–H groups in total. The summed E-state index contributed by atoms with van der Waals surface area (Å²) in [6.07, 6.45) is 0.835. The molecule has 4 rings (SSSR count). The van der Waals surface area contributed by atoms with E-state index in [1.165, 1.54) is 28.3 Å². The number of sulfonamides is 1. The lowest BCUT2D eigenvalue weighted by Gasteiger charge is -2.23. The summed E-state index contributed by atoms with van der Waals surface area (Å²) in [5.41, 5.74) is 3.16. The first-order valence-corrected chi connectivity index (χ1v) is 11.3. The Hall–Kier alpha value is -2.64. The molecule has 1 aromatic heterocycles. The van der Waals surface area contributed by atoms with Crippen molar-refractivity contribution in [3.05, 3.63) is 77.2 Å². The fourth-order valence-electron chi connectivity index (χ4n) is 3.51. The lowest BCUT2D eigenvalue weighted by molar-refractivity contribution is 0.0981. The van der Waals surface area contributed by atoms with Crippen molar-refractivity contribution >= 4 is 38.6 Å². The van der Waals surface area contributed by atoms with Gasteiger partial charge in [-0.2, -0.15) is 0 Å². The molecule has 144 valence electrons. The molecular formula is C21H20N2O3S2. The van der Waals surface area contributed by atoms with Crippen LogP contribution in [0.4, 0.5) is 11.4 Å². The molecule has 2 heterocycles. The monoisotopic (exact) mass is 412 g/mol. The molecule has 28 heavy (non-hydrogen) atoms.